The van der Waals surface area contributed by atoms with Crippen LogP contribution in [0.5, 0.6) is 0 Å². The maximum absolute atomic E-state index is 2.36. The molecule has 0 spiro atoms. The fourth-order valence-electron chi connectivity index (χ4n) is 2.01. The highest BCUT2D eigenvalue weighted by molar-refractivity contribution is 4.91. The van der Waals surface area contributed by atoms with Gasteiger partial charge in [0, 0.05) is 0 Å². The summed E-state index contributed by atoms with van der Waals surface area (Å²) in [5.74, 6) is 4.29. The lowest BCUT2D eigenvalue weighted by molar-refractivity contribution is 0.385. The normalized spacial score (nSPS) is 14.4. The second-order valence-electron chi connectivity index (χ2n) is 5.51. The van der Waals surface area contributed by atoms with Crippen LogP contribution in [0.4, 0.5) is 0 Å². The van der Waals surface area contributed by atoms with Gasteiger partial charge in [0.05, 0.1) is 0 Å². The molecule has 0 aliphatic carbocycles. The Morgan fingerprint density at radius 3 is 1.93 bits per heavy atom. The van der Waals surface area contributed by atoms with Crippen molar-refractivity contribution in [1.82, 2.24) is 0 Å². The lowest BCUT2D eigenvalue weighted by Crippen LogP contribution is -2.12. The molecule has 0 heteroatoms. The van der Waals surface area contributed by atoms with Crippen LogP contribution in [-0.4, -0.2) is 0 Å². The van der Waals surface area contributed by atoms with E-state index in [0.717, 1.165) is 17.8 Å². The quantitative estimate of drug-likeness (QED) is 0.533. The second-order valence-corrected chi connectivity index (χ2v) is 5.51. The molecule has 0 aromatic heterocycles. The van der Waals surface area contributed by atoms with Crippen molar-refractivity contribution >= 4 is 0 Å². The zero-order valence-corrected chi connectivity index (χ0v) is 11.1. The Balaban J connectivity index is 3.84. The number of hydrogen-bond donors (Lipinski definition) is 0. The highest BCUT2D eigenvalue weighted by Gasteiger charge is 2.17. The molecule has 0 saturated heterocycles. The average molecular weight is 197 g/mol. The van der Waals surface area contributed by atoms with E-state index in [0.29, 0.717) is 0 Å². The van der Waals surface area contributed by atoms with Gasteiger partial charge in [-0.3, -0.25) is 0 Å². The monoisotopic (exact) mass is 197 g/mol. The molecule has 0 nitrogen and oxygen atoms in total. The molecule has 0 N–H and O–H groups in total. The molecule has 0 saturated carbocycles. The first-order chi connectivity index (χ1) is 6.47. The standard InChI is InChI=1S/C14H29/c1-7-14(10-12(4)5)13(6)9-8-11(2)3/h11-12,14H,7-10H2,1-6H3. The van der Waals surface area contributed by atoms with Gasteiger partial charge in [-0.1, -0.05) is 54.4 Å². The van der Waals surface area contributed by atoms with Gasteiger partial charge in [-0.25, -0.2) is 0 Å². The molecule has 0 aliphatic rings. The smallest absolute Gasteiger partial charge is 0.0241 e. The molecule has 0 aromatic carbocycles. The van der Waals surface area contributed by atoms with Gasteiger partial charge >= 0.3 is 0 Å². The Morgan fingerprint density at radius 2 is 1.57 bits per heavy atom. The molecular weight excluding hydrogens is 168 g/mol. The fraction of sp³-hybridized carbons (Fsp3) is 0.929. The van der Waals surface area contributed by atoms with Gasteiger partial charge in [-0.05, 0) is 36.5 Å². The van der Waals surface area contributed by atoms with E-state index in [-0.39, 0.29) is 0 Å². The summed E-state index contributed by atoms with van der Waals surface area (Å²) in [6.45, 7) is 14.0. The summed E-state index contributed by atoms with van der Waals surface area (Å²) in [5, 5.41) is 0. The van der Waals surface area contributed by atoms with Crippen molar-refractivity contribution in [2.75, 3.05) is 0 Å². The highest BCUT2D eigenvalue weighted by Crippen LogP contribution is 2.29. The molecule has 1 radical (unpaired) electrons. The van der Waals surface area contributed by atoms with Gasteiger partial charge in [-0.15, -0.1) is 0 Å². The summed E-state index contributed by atoms with van der Waals surface area (Å²) in [5.41, 5.74) is 0. The predicted octanol–water partition coefficient (Wildman–Crippen LogP) is 5.09. The molecular formula is C14H29. The van der Waals surface area contributed by atoms with Crippen molar-refractivity contribution in [2.45, 2.75) is 67.2 Å². The first-order valence-corrected chi connectivity index (χ1v) is 6.29. The average Bonchev–Trinajstić information content (AvgIpc) is 2.09. The molecule has 0 amide bonds. The molecule has 0 heterocycles. The molecule has 0 bridgehead atoms. The van der Waals surface area contributed by atoms with Crippen LogP contribution in [-0.2, 0) is 0 Å². The van der Waals surface area contributed by atoms with Crippen LogP contribution in [0.15, 0.2) is 0 Å². The minimum atomic E-state index is 0.842. The maximum atomic E-state index is 2.36. The Hall–Kier alpha value is 0. The molecule has 14 heavy (non-hydrogen) atoms. The van der Waals surface area contributed by atoms with Crippen LogP contribution in [0, 0.1) is 23.7 Å². The summed E-state index contributed by atoms with van der Waals surface area (Å²) in [7, 11) is 0. The second kappa shape index (κ2) is 7.31. The summed E-state index contributed by atoms with van der Waals surface area (Å²) in [4.78, 5) is 0. The molecule has 1 atom stereocenters. The summed E-state index contributed by atoms with van der Waals surface area (Å²) in [6, 6.07) is 0. The molecule has 0 aliphatic heterocycles. The fourth-order valence-corrected chi connectivity index (χ4v) is 2.01. The Kier molecular flexibility index (Phi) is 7.31. The first kappa shape index (κ1) is 14.0. The zero-order valence-electron chi connectivity index (χ0n) is 11.1. The molecule has 85 valence electrons. The minimum absolute atomic E-state index is 0.842. The minimum Gasteiger partial charge on any atom is -0.0651 e. The Bertz CT molecular complexity index is 124. The van der Waals surface area contributed by atoms with Crippen LogP contribution in [0.1, 0.15) is 67.2 Å². The topological polar surface area (TPSA) is 0 Å². The van der Waals surface area contributed by atoms with Gasteiger partial charge in [0.15, 0.2) is 0 Å². The van der Waals surface area contributed by atoms with Gasteiger partial charge in [0.25, 0.3) is 0 Å². The van der Waals surface area contributed by atoms with Crippen molar-refractivity contribution in [3.05, 3.63) is 5.92 Å². The van der Waals surface area contributed by atoms with E-state index >= 15 is 0 Å². The van der Waals surface area contributed by atoms with Crippen LogP contribution in [0.3, 0.4) is 0 Å². The van der Waals surface area contributed by atoms with Gasteiger partial charge in [-0.2, -0.15) is 0 Å². The lowest BCUT2D eigenvalue weighted by Gasteiger charge is -2.24. The van der Waals surface area contributed by atoms with E-state index < -0.39 is 0 Å². The van der Waals surface area contributed by atoms with E-state index in [4.69, 9.17) is 0 Å². The Morgan fingerprint density at radius 1 is 1.00 bits per heavy atom. The molecule has 0 aromatic rings. The van der Waals surface area contributed by atoms with E-state index in [1.165, 1.54) is 25.7 Å². The summed E-state index contributed by atoms with van der Waals surface area (Å²) >= 11 is 0. The SMILES string of the molecule is CCC(CC(C)C)[C](C)CCC(C)C. The Labute approximate surface area is 91.5 Å². The zero-order chi connectivity index (χ0) is 11.1. The van der Waals surface area contributed by atoms with E-state index in [9.17, 15) is 0 Å². The maximum Gasteiger partial charge on any atom is -0.0241 e. The van der Waals surface area contributed by atoms with Crippen molar-refractivity contribution in [2.24, 2.45) is 17.8 Å². The van der Waals surface area contributed by atoms with E-state index in [1.807, 2.05) is 0 Å². The van der Waals surface area contributed by atoms with Gasteiger partial charge < -0.3 is 0 Å². The van der Waals surface area contributed by atoms with Crippen molar-refractivity contribution in [3.8, 4) is 0 Å². The van der Waals surface area contributed by atoms with Crippen LogP contribution in [0.2, 0.25) is 0 Å². The van der Waals surface area contributed by atoms with Crippen LogP contribution >= 0.6 is 0 Å². The highest BCUT2D eigenvalue weighted by atomic mass is 14.2. The van der Waals surface area contributed by atoms with Gasteiger partial charge in [0.1, 0.15) is 0 Å². The predicted molar refractivity (Wildman–Crippen MR) is 66.2 cm³/mol. The third kappa shape index (κ3) is 6.45. The van der Waals surface area contributed by atoms with Crippen LogP contribution < -0.4 is 0 Å². The van der Waals surface area contributed by atoms with Crippen molar-refractivity contribution < 1.29 is 0 Å². The van der Waals surface area contributed by atoms with E-state index in [2.05, 4.69) is 41.5 Å². The first-order valence-electron chi connectivity index (χ1n) is 6.29. The summed E-state index contributed by atoms with van der Waals surface area (Å²) in [6.07, 6.45) is 5.39. The molecule has 0 rings (SSSR count). The van der Waals surface area contributed by atoms with Crippen LogP contribution in [0.25, 0.3) is 0 Å². The number of rotatable bonds is 7. The lowest BCUT2D eigenvalue weighted by atomic mass is 9.81. The van der Waals surface area contributed by atoms with Crippen molar-refractivity contribution in [1.29, 1.82) is 0 Å². The van der Waals surface area contributed by atoms with Crippen molar-refractivity contribution in [3.63, 3.8) is 0 Å². The largest absolute Gasteiger partial charge is 0.0651 e. The summed E-state index contributed by atoms with van der Waals surface area (Å²) < 4.78 is 0. The third-order valence-electron chi connectivity index (χ3n) is 3.06. The van der Waals surface area contributed by atoms with E-state index in [1.54, 1.807) is 5.92 Å². The third-order valence-corrected chi connectivity index (χ3v) is 3.06. The number of hydrogen-bond acceptors (Lipinski definition) is 0. The van der Waals surface area contributed by atoms with Gasteiger partial charge in [0.2, 0.25) is 0 Å². The molecule has 0 fully saturated rings. The molecule has 1 unspecified atom stereocenters.